The molecule has 0 bridgehead atoms. The Morgan fingerprint density at radius 2 is 1.83 bits per heavy atom. The molecule has 3 rings (SSSR count). The number of esters is 1. The summed E-state index contributed by atoms with van der Waals surface area (Å²) in [5, 5.41) is 5.30. The van der Waals surface area contributed by atoms with Crippen LogP contribution in [0.4, 0.5) is 5.69 Å². The number of benzene rings is 2. The Bertz CT molecular complexity index is 1010. The van der Waals surface area contributed by atoms with Crippen molar-refractivity contribution >= 4 is 23.5 Å². The summed E-state index contributed by atoms with van der Waals surface area (Å²) < 4.78 is 10.2. The average Bonchev–Trinajstić information content (AvgIpc) is 3.24. The molecule has 2 N–H and O–H groups in total. The maximum atomic E-state index is 12.5. The number of carbonyl (C=O) groups is 3. The number of hydrogen-bond donors (Lipinski definition) is 2. The number of nitrogens with one attached hydrogen (secondary N) is 2. The van der Waals surface area contributed by atoms with E-state index in [0.29, 0.717) is 17.0 Å². The number of hydrogen-bond acceptors (Lipinski definition) is 5. The van der Waals surface area contributed by atoms with E-state index in [-0.39, 0.29) is 18.0 Å². The molecule has 0 aliphatic heterocycles. The Hall–Kier alpha value is -3.87. The highest BCUT2D eigenvalue weighted by Gasteiger charge is 2.16. The topological polar surface area (TPSA) is 97.6 Å². The average molecular weight is 392 g/mol. The SMILES string of the molecule is Cc1cccc(C(=O)Nc2ccccc2C(=O)OCC(=O)NCc2ccco2)c1. The first-order valence-electron chi connectivity index (χ1n) is 8.96. The van der Waals surface area contributed by atoms with Gasteiger partial charge < -0.3 is 19.8 Å². The highest BCUT2D eigenvalue weighted by Crippen LogP contribution is 2.18. The summed E-state index contributed by atoms with van der Waals surface area (Å²) in [4.78, 5) is 36.7. The van der Waals surface area contributed by atoms with Crippen molar-refractivity contribution in [2.45, 2.75) is 13.5 Å². The molecular formula is C22H20N2O5. The number of furan rings is 1. The molecule has 0 unspecified atom stereocenters. The lowest BCUT2D eigenvalue weighted by atomic mass is 10.1. The standard InChI is InChI=1S/C22H20N2O5/c1-15-6-4-7-16(12-15)21(26)24-19-10-3-2-9-18(19)22(27)29-14-20(25)23-13-17-8-5-11-28-17/h2-12H,13-14H2,1H3,(H,23,25)(H,24,26). The van der Waals surface area contributed by atoms with Gasteiger partial charge >= 0.3 is 5.97 Å². The van der Waals surface area contributed by atoms with Gasteiger partial charge in [-0.05, 0) is 43.3 Å². The zero-order chi connectivity index (χ0) is 20.6. The van der Waals surface area contributed by atoms with Crippen LogP contribution in [0.2, 0.25) is 0 Å². The Morgan fingerprint density at radius 3 is 2.59 bits per heavy atom. The molecule has 0 saturated heterocycles. The number of rotatable bonds is 7. The molecule has 148 valence electrons. The van der Waals surface area contributed by atoms with Gasteiger partial charge in [0.1, 0.15) is 5.76 Å². The van der Waals surface area contributed by atoms with E-state index < -0.39 is 18.5 Å². The summed E-state index contributed by atoms with van der Waals surface area (Å²) >= 11 is 0. The van der Waals surface area contributed by atoms with Crippen LogP contribution in [-0.4, -0.2) is 24.4 Å². The molecule has 2 amide bonds. The fraction of sp³-hybridized carbons (Fsp3) is 0.136. The molecule has 0 atom stereocenters. The third-order valence-corrected chi connectivity index (χ3v) is 4.05. The number of para-hydroxylation sites is 1. The molecule has 2 aromatic carbocycles. The zero-order valence-electron chi connectivity index (χ0n) is 15.8. The lowest BCUT2D eigenvalue weighted by molar-refractivity contribution is -0.124. The maximum Gasteiger partial charge on any atom is 0.340 e. The summed E-state index contributed by atoms with van der Waals surface area (Å²) in [5.41, 5.74) is 1.89. The molecule has 0 aliphatic carbocycles. The van der Waals surface area contributed by atoms with E-state index in [9.17, 15) is 14.4 Å². The van der Waals surface area contributed by atoms with E-state index >= 15 is 0 Å². The van der Waals surface area contributed by atoms with Crippen LogP contribution in [0.15, 0.2) is 71.3 Å². The largest absolute Gasteiger partial charge is 0.467 e. The molecule has 29 heavy (non-hydrogen) atoms. The highest BCUT2D eigenvalue weighted by molar-refractivity contribution is 6.08. The van der Waals surface area contributed by atoms with Crippen LogP contribution in [0.1, 0.15) is 32.0 Å². The summed E-state index contributed by atoms with van der Waals surface area (Å²) in [6.07, 6.45) is 1.50. The minimum atomic E-state index is -0.710. The highest BCUT2D eigenvalue weighted by atomic mass is 16.5. The third kappa shape index (κ3) is 5.55. The molecule has 0 radical (unpaired) electrons. The van der Waals surface area contributed by atoms with Crippen molar-refractivity contribution in [1.29, 1.82) is 0 Å². The molecule has 0 aliphatic rings. The van der Waals surface area contributed by atoms with Gasteiger partial charge in [0.2, 0.25) is 0 Å². The van der Waals surface area contributed by atoms with Gasteiger partial charge in [0.05, 0.1) is 24.1 Å². The second kappa shape index (κ2) is 9.36. The van der Waals surface area contributed by atoms with Crippen LogP contribution in [0, 0.1) is 6.92 Å². The second-order valence-electron chi connectivity index (χ2n) is 6.30. The molecule has 0 spiro atoms. The minimum absolute atomic E-state index is 0.160. The van der Waals surface area contributed by atoms with Gasteiger partial charge in [-0.25, -0.2) is 4.79 Å². The summed E-state index contributed by atoms with van der Waals surface area (Å²) in [5.74, 6) is -0.923. The van der Waals surface area contributed by atoms with Crippen LogP contribution in [0.25, 0.3) is 0 Å². The van der Waals surface area contributed by atoms with Crippen LogP contribution >= 0.6 is 0 Å². The van der Waals surface area contributed by atoms with E-state index in [2.05, 4.69) is 10.6 Å². The quantitative estimate of drug-likeness (QED) is 0.601. The van der Waals surface area contributed by atoms with Gasteiger partial charge in [0.15, 0.2) is 6.61 Å². The van der Waals surface area contributed by atoms with E-state index in [1.165, 1.54) is 12.3 Å². The smallest absolute Gasteiger partial charge is 0.340 e. The fourth-order valence-corrected chi connectivity index (χ4v) is 2.61. The van der Waals surface area contributed by atoms with Crippen molar-refractivity contribution < 1.29 is 23.5 Å². The van der Waals surface area contributed by atoms with E-state index in [1.54, 1.807) is 48.5 Å². The van der Waals surface area contributed by atoms with Crippen molar-refractivity contribution in [3.63, 3.8) is 0 Å². The molecule has 7 nitrogen and oxygen atoms in total. The fourth-order valence-electron chi connectivity index (χ4n) is 2.61. The number of aryl methyl sites for hydroxylation is 1. The van der Waals surface area contributed by atoms with Gasteiger partial charge in [-0.2, -0.15) is 0 Å². The van der Waals surface area contributed by atoms with E-state index in [4.69, 9.17) is 9.15 Å². The van der Waals surface area contributed by atoms with E-state index in [1.807, 2.05) is 13.0 Å². The van der Waals surface area contributed by atoms with Crippen molar-refractivity contribution in [2.24, 2.45) is 0 Å². The number of ether oxygens (including phenoxy) is 1. The Labute approximate surface area is 167 Å². The van der Waals surface area contributed by atoms with Crippen molar-refractivity contribution in [3.05, 3.63) is 89.4 Å². The summed E-state index contributed by atoms with van der Waals surface area (Å²) in [7, 11) is 0. The Kier molecular flexibility index (Phi) is 6.42. The van der Waals surface area contributed by atoms with Crippen molar-refractivity contribution in [3.8, 4) is 0 Å². The zero-order valence-corrected chi connectivity index (χ0v) is 15.8. The Balaban J connectivity index is 1.59. The van der Waals surface area contributed by atoms with Crippen molar-refractivity contribution in [1.82, 2.24) is 5.32 Å². The van der Waals surface area contributed by atoms with Gasteiger partial charge in [-0.3, -0.25) is 9.59 Å². The monoisotopic (exact) mass is 392 g/mol. The number of anilines is 1. The van der Waals surface area contributed by atoms with Gasteiger partial charge in [-0.1, -0.05) is 29.8 Å². The maximum absolute atomic E-state index is 12.5. The molecule has 0 saturated carbocycles. The molecule has 1 heterocycles. The number of amides is 2. The van der Waals surface area contributed by atoms with E-state index in [0.717, 1.165) is 5.56 Å². The first-order chi connectivity index (χ1) is 14.0. The summed E-state index contributed by atoms with van der Waals surface area (Å²) in [6.45, 7) is 1.64. The molecule has 0 fully saturated rings. The van der Waals surface area contributed by atoms with Gasteiger partial charge in [0, 0.05) is 5.56 Å². The van der Waals surface area contributed by atoms with Gasteiger partial charge in [0.25, 0.3) is 11.8 Å². The molecule has 3 aromatic rings. The predicted octanol–water partition coefficient (Wildman–Crippen LogP) is 3.31. The molecule has 7 heteroatoms. The van der Waals surface area contributed by atoms with Crippen LogP contribution in [0.5, 0.6) is 0 Å². The first-order valence-corrected chi connectivity index (χ1v) is 8.96. The second-order valence-corrected chi connectivity index (χ2v) is 6.30. The molecule has 1 aromatic heterocycles. The summed E-state index contributed by atoms with van der Waals surface area (Å²) in [6, 6.07) is 17.0. The van der Waals surface area contributed by atoms with Crippen LogP contribution in [0.3, 0.4) is 0 Å². The number of carbonyl (C=O) groups excluding carboxylic acids is 3. The minimum Gasteiger partial charge on any atom is -0.467 e. The lowest BCUT2D eigenvalue weighted by Gasteiger charge is -2.11. The predicted molar refractivity (Wildman–Crippen MR) is 106 cm³/mol. The third-order valence-electron chi connectivity index (χ3n) is 4.05. The van der Waals surface area contributed by atoms with Gasteiger partial charge in [-0.15, -0.1) is 0 Å². The Morgan fingerprint density at radius 1 is 1.00 bits per heavy atom. The lowest BCUT2D eigenvalue weighted by Crippen LogP contribution is -2.28. The molecular weight excluding hydrogens is 372 g/mol. The normalized spacial score (nSPS) is 10.2. The van der Waals surface area contributed by atoms with Crippen LogP contribution in [-0.2, 0) is 16.1 Å². The van der Waals surface area contributed by atoms with Crippen molar-refractivity contribution in [2.75, 3.05) is 11.9 Å². The first kappa shape index (κ1) is 19.9. The van der Waals surface area contributed by atoms with Crippen LogP contribution < -0.4 is 10.6 Å².